The Kier molecular flexibility index (Phi) is 11.4. The quantitative estimate of drug-likeness (QED) is 0.298. The van der Waals surface area contributed by atoms with E-state index in [-0.39, 0.29) is 16.8 Å². The zero-order chi connectivity index (χ0) is 43.4. The Morgan fingerprint density at radius 3 is 2.05 bits per heavy atom. The Bertz CT molecular complexity index is 2040. The normalized spacial score (nSPS) is 37.4. The molecule has 18 nitrogen and oxygen atoms in total. The van der Waals surface area contributed by atoms with Gasteiger partial charge in [0.1, 0.15) is 54.2 Å². The molecule has 1 spiro atoms. The summed E-state index contributed by atoms with van der Waals surface area (Å²) >= 11 is 0. The van der Waals surface area contributed by atoms with E-state index in [4.69, 9.17) is 37.9 Å². The number of cyclic esters (lactones) is 1. The third-order valence-electron chi connectivity index (χ3n) is 12.1. The Morgan fingerprint density at radius 2 is 1.44 bits per heavy atom. The number of nitrogens with zero attached hydrogens (tertiary/aromatic N) is 1. The van der Waals surface area contributed by atoms with Crippen LogP contribution in [0.3, 0.4) is 0 Å². The van der Waals surface area contributed by atoms with Gasteiger partial charge in [-0.1, -0.05) is 32.0 Å². The molecule has 2 saturated carbocycles. The average molecular weight is 826 g/mol. The third-order valence-corrected chi connectivity index (χ3v) is 12.1. The van der Waals surface area contributed by atoms with Gasteiger partial charge in [0.2, 0.25) is 0 Å². The van der Waals surface area contributed by atoms with Gasteiger partial charge in [-0.15, -0.1) is 0 Å². The highest BCUT2D eigenvalue weighted by atomic mass is 16.7. The number of aliphatic hydroxyl groups is 2. The fourth-order valence-corrected chi connectivity index (χ4v) is 9.54. The molecule has 1 saturated heterocycles. The summed E-state index contributed by atoms with van der Waals surface area (Å²) in [6.07, 6.45) is -10.9. The van der Waals surface area contributed by atoms with E-state index in [0.717, 1.165) is 34.6 Å². The molecule has 13 atom stereocenters. The molecule has 1 aromatic carbocycles. The summed E-state index contributed by atoms with van der Waals surface area (Å²) in [5, 5.41) is 26.0. The first kappa shape index (κ1) is 43.1. The maximum absolute atomic E-state index is 14.3. The van der Waals surface area contributed by atoms with Crippen molar-refractivity contribution < 1.29 is 81.7 Å². The number of carbonyl (C=O) groups is 7. The van der Waals surface area contributed by atoms with Crippen LogP contribution in [0.5, 0.6) is 0 Å². The summed E-state index contributed by atoms with van der Waals surface area (Å²) in [5.74, 6) is -10.6. The van der Waals surface area contributed by atoms with Crippen molar-refractivity contribution in [2.75, 3.05) is 13.2 Å². The third kappa shape index (κ3) is 6.89. The van der Waals surface area contributed by atoms with E-state index >= 15 is 0 Å². The lowest BCUT2D eigenvalue weighted by molar-refractivity contribution is -0.385. The van der Waals surface area contributed by atoms with Crippen LogP contribution in [-0.2, 0) is 61.9 Å². The van der Waals surface area contributed by atoms with Crippen molar-refractivity contribution in [3.63, 3.8) is 0 Å². The number of aliphatic hydroxyl groups excluding tert-OH is 1. The van der Waals surface area contributed by atoms with Crippen LogP contribution in [0, 0.1) is 17.3 Å². The predicted molar refractivity (Wildman–Crippen MR) is 196 cm³/mol. The van der Waals surface area contributed by atoms with Crippen molar-refractivity contribution in [3.8, 4) is 0 Å². The van der Waals surface area contributed by atoms with Gasteiger partial charge in [0.15, 0.2) is 17.8 Å². The first-order chi connectivity index (χ1) is 27.6. The summed E-state index contributed by atoms with van der Waals surface area (Å²) < 4.78 is 48.8. The van der Waals surface area contributed by atoms with Crippen LogP contribution in [0.1, 0.15) is 87.7 Å². The average Bonchev–Trinajstić information content (AvgIpc) is 3.39. The number of ether oxygens (including phenoxy) is 8. The Morgan fingerprint density at radius 1 is 0.814 bits per heavy atom. The molecule has 4 aliphatic rings. The lowest BCUT2D eigenvalue weighted by Gasteiger charge is -2.67. The Balaban J connectivity index is 1.76. The fourth-order valence-electron chi connectivity index (χ4n) is 9.54. The number of carbonyl (C=O) groups excluding carboxylic acids is 7. The van der Waals surface area contributed by atoms with E-state index in [1.54, 1.807) is 13.0 Å². The molecule has 2 N–H and O–H groups in total. The lowest BCUT2D eigenvalue weighted by atomic mass is 9.45. The predicted octanol–water partition coefficient (Wildman–Crippen LogP) is 1.76. The monoisotopic (exact) mass is 825 g/mol. The Labute approximate surface area is 338 Å². The highest BCUT2D eigenvalue weighted by Gasteiger charge is 2.91. The second-order valence-electron chi connectivity index (χ2n) is 15.9. The SMILES string of the molecule is CC(=O)OC[C@]12[C@H](OC(C)=O)[C@@H](OC(C)=O)[C@@H]3[C@@H](OC(C)=O)[C@@]14O[C@@]3(C)COC(=O)c1cccnc1[C@H](C)[C@@H](C)C(=O)O[C@@H]([C@H](O)[C@@H]2OC(=O)c1ccccc1)[C@]4(C)O. The number of hydrogen-bond donors (Lipinski definition) is 2. The van der Waals surface area contributed by atoms with E-state index in [2.05, 4.69) is 4.98 Å². The van der Waals surface area contributed by atoms with Gasteiger partial charge in [0.05, 0.1) is 28.7 Å². The van der Waals surface area contributed by atoms with Crippen LogP contribution >= 0.6 is 0 Å². The van der Waals surface area contributed by atoms with Crippen molar-refractivity contribution in [2.24, 2.45) is 17.3 Å². The van der Waals surface area contributed by atoms with Crippen molar-refractivity contribution in [1.82, 2.24) is 4.98 Å². The highest BCUT2D eigenvalue weighted by Crippen LogP contribution is 2.70. The van der Waals surface area contributed by atoms with Crippen LogP contribution in [0.2, 0.25) is 0 Å². The van der Waals surface area contributed by atoms with Crippen LogP contribution < -0.4 is 0 Å². The van der Waals surface area contributed by atoms with Crippen LogP contribution in [0.15, 0.2) is 48.7 Å². The summed E-state index contributed by atoms with van der Waals surface area (Å²) in [5.41, 5.74) is -10.2. The Hall–Kier alpha value is -5.46. The van der Waals surface area contributed by atoms with Crippen LogP contribution in [0.25, 0.3) is 0 Å². The molecule has 6 rings (SSSR count). The topological polar surface area (TPSA) is 247 Å². The first-order valence-corrected chi connectivity index (χ1v) is 19.0. The summed E-state index contributed by atoms with van der Waals surface area (Å²) in [6.45, 7) is 7.80. The fraction of sp³-hybridized carbons (Fsp3) is 0.561. The number of aromatic nitrogens is 1. The molecule has 318 valence electrons. The standard InChI is InChI=1S/C41H47NO17/c1-19-20(2)35(48)57-32-29(47)33(58-36(49)25-13-10-9-11-14-25)40(18-52-21(3)43)34(56-24(6)46)30(54-22(4)44)27-31(55-23(5)45)41(40,39(32,8)51)59-38(27,7)17-53-37(50)26-15-12-16-42-28(19)26/h9-16,19-20,27,29-34,47,51H,17-18H2,1-8H3/t19-,20-,27-,29+,30+,31-,32+,33+,34-,38+,39+,40+,41+/m1/s1. The maximum atomic E-state index is 14.3. The molecule has 2 aliphatic heterocycles. The summed E-state index contributed by atoms with van der Waals surface area (Å²) in [7, 11) is 0. The minimum absolute atomic E-state index is 0.0328. The number of fused-ring (bicyclic) bond motifs is 5. The van der Waals surface area contributed by atoms with E-state index in [0.29, 0.717) is 0 Å². The smallest absolute Gasteiger partial charge is 0.340 e. The van der Waals surface area contributed by atoms with Gasteiger partial charge in [-0.3, -0.25) is 29.0 Å². The van der Waals surface area contributed by atoms with E-state index in [1.807, 2.05) is 0 Å². The van der Waals surface area contributed by atoms with Crippen molar-refractivity contribution >= 4 is 41.8 Å². The van der Waals surface area contributed by atoms with Gasteiger partial charge in [-0.05, 0) is 38.1 Å². The van der Waals surface area contributed by atoms with Gasteiger partial charge in [-0.25, -0.2) is 9.59 Å². The molecule has 0 unspecified atom stereocenters. The van der Waals surface area contributed by atoms with Crippen LogP contribution in [-0.4, -0.2) is 124 Å². The molecule has 2 aromatic rings. The molecule has 2 aliphatic carbocycles. The molecule has 1 aromatic heterocycles. The minimum atomic E-state index is -2.82. The highest BCUT2D eigenvalue weighted by molar-refractivity contribution is 5.91. The molecule has 0 radical (unpaired) electrons. The van der Waals surface area contributed by atoms with Crippen LogP contribution in [0.4, 0.5) is 0 Å². The second kappa shape index (κ2) is 15.6. The zero-order valence-electron chi connectivity index (χ0n) is 33.7. The summed E-state index contributed by atoms with van der Waals surface area (Å²) in [6, 6.07) is 10.3. The van der Waals surface area contributed by atoms with E-state index in [9.17, 15) is 43.8 Å². The summed E-state index contributed by atoms with van der Waals surface area (Å²) in [4.78, 5) is 99.4. The number of esters is 7. The molecule has 18 heteroatoms. The van der Waals surface area contributed by atoms with E-state index < -0.39 is 132 Å². The van der Waals surface area contributed by atoms with Gasteiger partial charge in [-0.2, -0.15) is 0 Å². The molecule has 4 bridgehead atoms. The van der Waals surface area contributed by atoms with Gasteiger partial charge in [0.25, 0.3) is 0 Å². The number of benzene rings is 1. The largest absolute Gasteiger partial charge is 0.465 e. The van der Waals surface area contributed by atoms with Gasteiger partial charge >= 0.3 is 41.8 Å². The molecular weight excluding hydrogens is 778 g/mol. The first-order valence-electron chi connectivity index (χ1n) is 19.0. The lowest BCUT2D eigenvalue weighted by Crippen LogP contribution is -2.89. The van der Waals surface area contributed by atoms with Gasteiger partial charge in [0, 0.05) is 39.8 Å². The van der Waals surface area contributed by atoms with E-state index in [1.165, 1.54) is 56.4 Å². The maximum Gasteiger partial charge on any atom is 0.340 e. The number of pyridine rings is 1. The number of hydrogen-bond acceptors (Lipinski definition) is 18. The molecule has 59 heavy (non-hydrogen) atoms. The number of rotatable bonds is 7. The zero-order valence-corrected chi connectivity index (χ0v) is 33.7. The van der Waals surface area contributed by atoms with Crippen molar-refractivity contribution in [1.29, 1.82) is 0 Å². The second-order valence-corrected chi connectivity index (χ2v) is 15.9. The minimum Gasteiger partial charge on any atom is -0.465 e. The van der Waals surface area contributed by atoms with Crippen molar-refractivity contribution in [2.45, 2.75) is 115 Å². The molecule has 0 amide bonds. The van der Waals surface area contributed by atoms with Crippen molar-refractivity contribution in [3.05, 3.63) is 65.5 Å². The molecular formula is C41H47NO17. The molecule has 3 heterocycles. The molecule has 3 fully saturated rings. The van der Waals surface area contributed by atoms with Gasteiger partial charge < -0.3 is 48.1 Å².